The second-order valence-corrected chi connectivity index (χ2v) is 6.24. The second kappa shape index (κ2) is 11.9. The van der Waals surface area contributed by atoms with Gasteiger partial charge >= 0.3 is 12.1 Å². The molecule has 0 saturated heterocycles. The maximum absolute atomic E-state index is 12.3. The Morgan fingerprint density at radius 2 is 2.16 bits per heavy atom. The molecule has 0 bridgehead atoms. The van der Waals surface area contributed by atoms with Gasteiger partial charge in [0.05, 0.1) is 18.7 Å². The normalized spacial score (nSPS) is 13.2. The van der Waals surface area contributed by atoms with Gasteiger partial charge in [-0.3, -0.25) is 9.79 Å². The van der Waals surface area contributed by atoms with Crippen molar-refractivity contribution in [3.05, 3.63) is 36.4 Å². The molecule has 1 atom stereocenters. The summed E-state index contributed by atoms with van der Waals surface area (Å²) in [6, 6.07) is 2.70. The van der Waals surface area contributed by atoms with Gasteiger partial charge in [-0.25, -0.2) is 9.59 Å². The molecular weight excluding hydrogens is 410 g/mol. The lowest BCUT2D eigenvalue weighted by atomic mass is 10.1. The molecule has 2 rings (SSSR count). The number of amides is 2. The summed E-state index contributed by atoms with van der Waals surface area (Å²) in [5.74, 6) is -1.36. The number of phenols is 1. The van der Waals surface area contributed by atoms with Crippen molar-refractivity contribution in [2.24, 2.45) is 4.99 Å². The van der Waals surface area contributed by atoms with Crippen molar-refractivity contribution in [2.45, 2.75) is 6.04 Å². The molecule has 0 unspecified atom stereocenters. The average molecular weight is 435 g/mol. The number of rotatable bonds is 11. The van der Waals surface area contributed by atoms with Crippen LogP contribution in [0.15, 0.2) is 35.8 Å². The number of aliphatic imine (C=N–C) groups is 1. The molecule has 0 saturated carbocycles. The molecule has 2 amide bonds. The van der Waals surface area contributed by atoms with Gasteiger partial charge in [-0.2, -0.15) is 0 Å². The van der Waals surface area contributed by atoms with Crippen LogP contribution in [-0.2, 0) is 9.53 Å². The van der Waals surface area contributed by atoms with Crippen LogP contribution in [0.5, 0.6) is 11.5 Å². The minimum Gasteiger partial charge on any atom is -0.507 e. The molecule has 0 aliphatic carbocycles. The van der Waals surface area contributed by atoms with E-state index in [9.17, 15) is 24.6 Å². The number of phenolic OH excluding ortho intramolecular Hbond substituents is 1. The Hall–Kier alpha value is -3.96. The predicted molar refractivity (Wildman–Crippen MR) is 110 cm³/mol. The first-order valence-electron chi connectivity index (χ1n) is 9.44. The van der Waals surface area contributed by atoms with Gasteiger partial charge in [0.1, 0.15) is 30.8 Å². The summed E-state index contributed by atoms with van der Waals surface area (Å²) in [7, 11) is 0. The minimum absolute atomic E-state index is 0.0756. The fourth-order valence-corrected chi connectivity index (χ4v) is 2.46. The average Bonchev–Trinajstić information content (AvgIpc) is 3.26. The van der Waals surface area contributed by atoms with Crippen molar-refractivity contribution in [3.63, 3.8) is 0 Å². The quantitative estimate of drug-likeness (QED) is 0.196. The summed E-state index contributed by atoms with van der Waals surface area (Å²) in [6.45, 7) is 5.18. The van der Waals surface area contributed by atoms with Crippen LogP contribution in [0.25, 0.3) is 0 Å². The Kier molecular flexibility index (Phi) is 8.95. The highest BCUT2D eigenvalue weighted by Gasteiger charge is 2.22. The zero-order valence-electron chi connectivity index (χ0n) is 16.7. The van der Waals surface area contributed by atoms with Crippen molar-refractivity contribution in [1.82, 2.24) is 21.3 Å². The van der Waals surface area contributed by atoms with E-state index in [2.05, 4.69) is 37.6 Å². The maximum atomic E-state index is 12.3. The first-order valence-corrected chi connectivity index (χ1v) is 9.44. The van der Waals surface area contributed by atoms with Crippen molar-refractivity contribution < 1.29 is 34.1 Å². The van der Waals surface area contributed by atoms with Crippen molar-refractivity contribution >= 4 is 23.9 Å². The van der Waals surface area contributed by atoms with Crippen LogP contribution in [0.3, 0.4) is 0 Å². The number of carboxylic acids is 1. The third-order valence-electron chi connectivity index (χ3n) is 3.94. The number of aliphatic carboxylic acids is 1. The van der Waals surface area contributed by atoms with Crippen molar-refractivity contribution in [3.8, 4) is 11.5 Å². The molecule has 6 N–H and O–H groups in total. The van der Waals surface area contributed by atoms with Crippen LogP contribution in [0.1, 0.15) is 10.4 Å². The van der Waals surface area contributed by atoms with E-state index in [1.807, 2.05) is 0 Å². The van der Waals surface area contributed by atoms with E-state index in [0.29, 0.717) is 24.9 Å². The Bertz CT molecular complexity index is 843. The highest BCUT2D eigenvalue weighted by atomic mass is 16.5. The van der Waals surface area contributed by atoms with Gasteiger partial charge in [0.25, 0.3) is 5.91 Å². The third-order valence-corrected chi connectivity index (χ3v) is 3.94. The maximum Gasteiger partial charge on any atom is 0.408 e. The van der Waals surface area contributed by atoms with Gasteiger partial charge < -0.3 is 41.0 Å². The molecule has 1 aromatic rings. The van der Waals surface area contributed by atoms with E-state index < -0.39 is 30.6 Å². The molecule has 12 heteroatoms. The topological polar surface area (TPSA) is 171 Å². The molecule has 1 aliphatic rings. The van der Waals surface area contributed by atoms with E-state index in [1.165, 1.54) is 24.3 Å². The number of benzene rings is 1. The number of guanidine groups is 1. The van der Waals surface area contributed by atoms with Gasteiger partial charge in [-0.15, -0.1) is 0 Å². The van der Waals surface area contributed by atoms with E-state index in [0.717, 1.165) is 13.1 Å². The number of hydrogen-bond donors (Lipinski definition) is 6. The molecule has 1 heterocycles. The van der Waals surface area contributed by atoms with Crippen LogP contribution in [0.4, 0.5) is 4.79 Å². The fraction of sp³-hybridized carbons (Fsp3) is 0.368. The van der Waals surface area contributed by atoms with E-state index >= 15 is 0 Å². The number of aromatic hydroxyl groups is 1. The van der Waals surface area contributed by atoms with Crippen molar-refractivity contribution in [2.75, 3.05) is 39.4 Å². The highest BCUT2D eigenvalue weighted by molar-refractivity contribution is 5.97. The highest BCUT2D eigenvalue weighted by Crippen LogP contribution is 2.23. The Labute approximate surface area is 178 Å². The number of carbonyl (C=O) groups is 3. The molecule has 12 nitrogen and oxygen atoms in total. The number of carbonyl (C=O) groups excluding carboxylic acids is 2. The summed E-state index contributed by atoms with van der Waals surface area (Å²) >= 11 is 0. The first kappa shape index (κ1) is 23.3. The van der Waals surface area contributed by atoms with Crippen LogP contribution < -0.4 is 26.0 Å². The standard InChI is InChI=1S/C19H25N5O7/c1-2-8-31-19(29)24-14(17(27)28)11-23-16(26)13-4-3-12(10-15(13)25)30-9-7-22-18-20-5-6-21-18/h2-4,10,14,25H,1,5-9,11H2,(H,23,26)(H,24,29)(H,27,28)(H2,20,21,22)/t14-/m0/s1. The molecule has 0 spiro atoms. The lowest BCUT2D eigenvalue weighted by Gasteiger charge is -2.15. The van der Waals surface area contributed by atoms with Gasteiger partial charge in [0, 0.05) is 19.2 Å². The molecule has 0 fully saturated rings. The lowest BCUT2D eigenvalue weighted by molar-refractivity contribution is -0.139. The molecule has 0 aromatic heterocycles. The van der Waals surface area contributed by atoms with E-state index in [1.54, 1.807) is 0 Å². The van der Waals surface area contributed by atoms with E-state index in [-0.39, 0.29) is 17.9 Å². The molecule has 168 valence electrons. The SMILES string of the molecule is C=CCOC(=O)N[C@@H](CNC(=O)c1ccc(OCCNC2=NCCN2)cc1O)C(=O)O. The smallest absolute Gasteiger partial charge is 0.408 e. The molecule has 0 radical (unpaired) electrons. The Morgan fingerprint density at radius 3 is 2.81 bits per heavy atom. The van der Waals surface area contributed by atoms with Crippen LogP contribution in [0, 0.1) is 0 Å². The van der Waals surface area contributed by atoms with Gasteiger partial charge in [-0.05, 0) is 12.1 Å². The number of nitrogens with zero attached hydrogens (tertiary/aromatic N) is 1. The first-order chi connectivity index (χ1) is 14.9. The number of alkyl carbamates (subject to hydrolysis) is 1. The summed E-state index contributed by atoms with van der Waals surface area (Å²) in [4.78, 5) is 39.2. The second-order valence-electron chi connectivity index (χ2n) is 6.24. The summed E-state index contributed by atoms with van der Waals surface area (Å²) in [5.41, 5.74) is -0.0756. The fourth-order valence-electron chi connectivity index (χ4n) is 2.46. The molecule has 31 heavy (non-hydrogen) atoms. The lowest BCUT2D eigenvalue weighted by Crippen LogP contribution is -2.48. The van der Waals surface area contributed by atoms with Gasteiger partial charge in [0.15, 0.2) is 5.96 Å². The number of carboxylic acid groups (broad SMARTS) is 1. The minimum atomic E-state index is -1.42. The molecular formula is C19H25N5O7. The van der Waals surface area contributed by atoms with Crippen LogP contribution in [0.2, 0.25) is 0 Å². The summed E-state index contributed by atoms with van der Waals surface area (Å²) in [5, 5.41) is 29.8. The number of ether oxygens (including phenoxy) is 2. The molecule has 1 aromatic carbocycles. The Morgan fingerprint density at radius 1 is 1.35 bits per heavy atom. The zero-order valence-corrected chi connectivity index (χ0v) is 16.7. The zero-order chi connectivity index (χ0) is 22.6. The largest absolute Gasteiger partial charge is 0.507 e. The van der Waals surface area contributed by atoms with Gasteiger partial charge in [-0.1, -0.05) is 12.7 Å². The number of hydrogen-bond acceptors (Lipinski definition) is 9. The summed E-state index contributed by atoms with van der Waals surface area (Å²) < 4.78 is 10.2. The summed E-state index contributed by atoms with van der Waals surface area (Å²) in [6.07, 6.45) is 0.363. The van der Waals surface area contributed by atoms with Gasteiger partial charge in [0.2, 0.25) is 0 Å². The monoisotopic (exact) mass is 435 g/mol. The predicted octanol–water partition coefficient (Wildman–Crippen LogP) is -0.585. The Balaban J connectivity index is 1.82. The molecule has 1 aliphatic heterocycles. The number of nitrogens with one attached hydrogen (secondary N) is 4. The van der Waals surface area contributed by atoms with E-state index in [4.69, 9.17) is 4.74 Å². The van der Waals surface area contributed by atoms with Crippen LogP contribution in [-0.4, -0.2) is 79.6 Å². The van der Waals surface area contributed by atoms with Crippen molar-refractivity contribution in [1.29, 1.82) is 0 Å². The third kappa shape index (κ3) is 7.76. The van der Waals surface area contributed by atoms with Crippen LogP contribution >= 0.6 is 0 Å².